The van der Waals surface area contributed by atoms with Crippen molar-refractivity contribution < 1.29 is 4.79 Å². The number of benzene rings is 2. The number of nitrogens with one attached hydrogen (secondary N) is 2. The lowest BCUT2D eigenvalue weighted by atomic mass is 10.1. The van der Waals surface area contributed by atoms with Crippen LogP contribution in [0.3, 0.4) is 0 Å². The minimum atomic E-state index is -0.124. The summed E-state index contributed by atoms with van der Waals surface area (Å²) in [6.45, 7) is 0.823. The van der Waals surface area contributed by atoms with Crippen LogP contribution < -0.4 is 5.56 Å². The number of nitrogens with zero attached hydrogens (tertiary/aromatic N) is 2. The van der Waals surface area contributed by atoms with Crippen molar-refractivity contribution >= 4 is 16.8 Å². The van der Waals surface area contributed by atoms with E-state index in [0.717, 1.165) is 16.5 Å². The lowest BCUT2D eigenvalue weighted by Gasteiger charge is -2.27. The van der Waals surface area contributed by atoms with Gasteiger partial charge in [-0.15, -0.1) is 0 Å². The molecule has 0 unspecified atom stereocenters. The molecule has 2 aromatic carbocycles. The van der Waals surface area contributed by atoms with Crippen LogP contribution in [-0.2, 0) is 13.0 Å². The summed E-state index contributed by atoms with van der Waals surface area (Å²) in [6, 6.07) is 19.2. The molecule has 2 N–H and O–H groups in total. The van der Waals surface area contributed by atoms with Crippen LogP contribution in [0.1, 0.15) is 21.7 Å². The maximum Gasteiger partial charge on any atom is 0.270 e. The minimum absolute atomic E-state index is 0.0785. The number of rotatable bonds is 2. The number of amides is 1. The fourth-order valence-electron chi connectivity index (χ4n) is 3.70. The molecule has 138 valence electrons. The van der Waals surface area contributed by atoms with Gasteiger partial charge in [-0.1, -0.05) is 48.5 Å². The largest absolute Gasteiger partial charge is 0.351 e. The van der Waals surface area contributed by atoms with Crippen LogP contribution in [0.4, 0.5) is 0 Å². The summed E-state index contributed by atoms with van der Waals surface area (Å²) in [5.41, 5.74) is 3.55. The highest BCUT2D eigenvalue weighted by molar-refractivity contribution is 5.98. The number of fused-ring (bicyclic) bond motifs is 2. The second-order valence-corrected chi connectivity index (χ2v) is 6.95. The van der Waals surface area contributed by atoms with Gasteiger partial charge in [0, 0.05) is 28.6 Å². The van der Waals surface area contributed by atoms with Crippen molar-refractivity contribution in [2.45, 2.75) is 13.0 Å². The monoisotopic (exact) mass is 370 g/mol. The van der Waals surface area contributed by atoms with Crippen LogP contribution in [-0.4, -0.2) is 32.3 Å². The van der Waals surface area contributed by atoms with Crippen molar-refractivity contribution in [3.05, 3.63) is 88.0 Å². The van der Waals surface area contributed by atoms with Gasteiger partial charge < -0.3 is 14.9 Å². The average Bonchev–Trinajstić information content (AvgIpc) is 3.17. The van der Waals surface area contributed by atoms with E-state index < -0.39 is 0 Å². The maximum absolute atomic E-state index is 13.0. The van der Waals surface area contributed by atoms with Gasteiger partial charge in [-0.2, -0.15) is 0 Å². The SMILES string of the molecule is O=C(c1cc2ccccc2[nH]1)N1CCc2c(nc(-c3ccccc3)[nH]c2=O)C1. The summed E-state index contributed by atoms with van der Waals surface area (Å²) >= 11 is 0. The van der Waals surface area contributed by atoms with Crippen LogP contribution in [0, 0.1) is 0 Å². The van der Waals surface area contributed by atoms with Gasteiger partial charge in [0.15, 0.2) is 0 Å². The molecule has 1 aliphatic heterocycles. The number of para-hydroxylation sites is 1. The van der Waals surface area contributed by atoms with Gasteiger partial charge in [0.25, 0.3) is 11.5 Å². The van der Waals surface area contributed by atoms with Gasteiger partial charge in [0.1, 0.15) is 11.5 Å². The van der Waals surface area contributed by atoms with Crippen LogP contribution >= 0.6 is 0 Å². The summed E-state index contributed by atoms with van der Waals surface area (Å²) in [5, 5.41) is 1.00. The number of aromatic nitrogens is 3. The van der Waals surface area contributed by atoms with Crippen molar-refractivity contribution in [2.75, 3.05) is 6.54 Å². The van der Waals surface area contributed by atoms with Crippen LogP contribution in [0.5, 0.6) is 0 Å². The Kier molecular flexibility index (Phi) is 3.83. The smallest absolute Gasteiger partial charge is 0.270 e. The first-order valence-corrected chi connectivity index (χ1v) is 9.23. The van der Waals surface area contributed by atoms with E-state index in [1.54, 1.807) is 4.90 Å². The van der Waals surface area contributed by atoms with Crippen LogP contribution in [0.15, 0.2) is 65.5 Å². The molecule has 0 spiro atoms. The topological polar surface area (TPSA) is 81.8 Å². The predicted octanol–water partition coefficient (Wildman–Crippen LogP) is 3.12. The molecule has 2 aromatic heterocycles. The number of H-pyrrole nitrogens is 2. The van der Waals surface area contributed by atoms with Gasteiger partial charge >= 0.3 is 0 Å². The third-order valence-electron chi connectivity index (χ3n) is 5.17. The summed E-state index contributed by atoms with van der Waals surface area (Å²) in [4.78, 5) is 38.0. The fourth-order valence-corrected chi connectivity index (χ4v) is 3.70. The zero-order valence-electron chi connectivity index (χ0n) is 15.1. The number of hydrogen-bond acceptors (Lipinski definition) is 3. The molecule has 0 saturated carbocycles. The highest BCUT2D eigenvalue weighted by atomic mass is 16.2. The Bertz CT molecular complexity index is 1210. The van der Waals surface area contributed by atoms with Gasteiger partial charge in [-0.25, -0.2) is 4.98 Å². The van der Waals surface area contributed by atoms with Crippen molar-refractivity contribution in [3.8, 4) is 11.4 Å². The average molecular weight is 370 g/mol. The molecule has 1 aliphatic rings. The zero-order chi connectivity index (χ0) is 19.1. The fraction of sp³-hybridized carbons (Fsp3) is 0.136. The lowest BCUT2D eigenvalue weighted by molar-refractivity contribution is 0.0726. The first kappa shape index (κ1) is 16.5. The molecule has 5 rings (SSSR count). The highest BCUT2D eigenvalue weighted by Crippen LogP contribution is 2.21. The standard InChI is InChI=1S/C22H18N4O2/c27-21-16-10-11-26(22(28)18-12-15-8-4-5-9-17(15)23-18)13-19(16)24-20(25-21)14-6-2-1-3-7-14/h1-9,12,23H,10-11,13H2,(H,24,25,27). The molecule has 0 bridgehead atoms. The van der Waals surface area contributed by atoms with Crippen molar-refractivity contribution in [1.82, 2.24) is 19.9 Å². The van der Waals surface area contributed by atoms with E-state index in [4.69, 9.17) is 0 Å². The quantitative estimate of drug-likeness (QED) is 0.569. The molecule has 3 heterocycles. The molecule has 1 amide bonds. The van der Waals surface area contributed by atoms with E-state index in [1.807, 2.05) is 60.7 Å². The molecular weight excluding hydrogens is 352 g/mol. The highest BCUT2D eigenvalue weighted by Gasteiger charge is 2.26. The van der Waals surface area contributed by atoms with Crippen molar-refractivity contribution in [1.29, 1.82) is 0 Å². The Hall–Kier alpha value is -3.67. The van der Waals surface area contributed by atoms with E-state index in [2.05, 4.69) is 15.0 Å². The van der Waals surface area contributed by atoms with Gasteiger partial charge in [0.05, 0.1) is 12.2 Å². The number of hydrogen-bond donors (Lipinski definition) is 2. The number of aromatic amines is 2. The molecule has 0 saturated heterocycles. The molecule has 0 radical (unpaired) electrons. The molecule has 0 fully saturated rings. The van der Waals surface area contributed by atoms with E-state index in [1.165, 1.54) is 0 Å². The third kappa shape index (κ3) is 2.79. The first-order valence-electron chi connectivity index (χ1n) is 9.23. The molecule has 0 atom stereocenters. The number of carbonyl (C=O) groups is 1. The van der Waals surface area contributed by atoms with E-state index in [-0.39, 0.29) is 11.5 Å². The van der Waals surface area contributed by atoms with E-state index in [0.29, 0.717) is 42.3 Å². The van der Waals surface area contributed by atoms with E-state index >= 15 is 0 Å². The second-order valence-electron chi connectivity index (χ2n) is 6.95. The zero-order valence-corrected chi connectivity index (χ0v) is 15.1. The molecule has 0 aliphatic carbocycles. The van der Waals surface area contributed by atoms with Gasteiger partial charge in [-0.3, -0.25) is 9.59 Å². The van der Waals surface area contributed by atoms with Crippen molar-refractivity contribution in [3.63, 3.8) is 0 Å². The van der Waals surface area contributed by atoms with Gasteiger partial charge in [-0.05, 0) is 18.6 Å². The third-order valence-corrected chi connectivity index (χ3v) is 5.17. The summed E-state index contributed by atoms with van der Waals surface area (Å²) in [7, 11) is 0. The Labute approximate surface area is 160 Å². The lowest BCUT2D eigenvalue weighted by Crippen LogP contribution is -2.39. The summed E-state index contributed by atoms with van der Waals surface area (Å²) < 4.78 is 0. The Morgan fingerprint density at radius 2 is 1.79 bits per heavy atom. The normalized spacial score (nSPS) is 13.5. The van der Waals surface area contributed by atoms with Crippen molar-refractivity contribution in [2.24, 2.45) is 0 Å². The second kappa shape index (κ2) is 6.49. The maximum atomic E-state index is 13.0. The molecule has 28 heavy (non-hydrogen) atoms. The molecular formula is C22H18N4O2. The van der Waals surface area contributed by atoms with Crippen LogP contribution in [0.2, 0.25) is 0 Å². The molecule has 6 nitrogen and oxygen atoms in total. The van der Waals surface area contributed by atoms with Crippen LogP contribution in [0.25, 0.3) is 22.3 Å². The number of carbonyl (C=O) groups excluding carboxylic acids is 1. The predicted molar refractivity (Wildman–Crippen MR) is 107 cm³/mol. The summed E-state index contributed by atoms with van der Waals surface area (Å²) in [6.07, 6.45) is 0.499. The van der Waals surface area contributed by atoms with E-state index in [9.17, 15) is 9.59 Å². The summed E-state index contributed by atoms with van der Waals surface area (Å²) in [5.74, 6) is 0.453. The molecule has 4 aromatic rings. The Morgan fingerprint density at radius 1 is 1.00 bits per heavy atom. The van der Waals surface area contributed by atoms with Gasteiger partial charge in [0.2, 0.25) is 0 Å². The Balaban J connectivity index is 1.48. The Morgan fingerprint density at radius 3 is 2.61 bits per heavy atom. The molecule has 6 heteroatoms. The minimum Gasteiger partial charge on any atom is -0.351 e. The first-order chi connectivity index (χ1) is 13.7.